The molecule has 0 fully saturated rings. The fourth-order valence-electron chi connectivity index (χ4n) is 5.37. The van der Waals surface area contributed by atoms with Gasteiger partial charge in [0.2, 0.25) is 0 Å². The molecular formula is C36H37ClN4O5. The van der Waals surface area contributed by atoms with Gasteiger partial charge in [0.15, 0.2) is 0 Å². The Morgan fingerprint density at radius 3 is 2.74 bits per heavy atom. The Kier molecular flexibility index (Phi) is 10.6. The summed E-state index contributed by atoms with van der Waals surface area (Å²) in [7, 11) is 0. The average Bonchev–Trinajstić information content (AvgIpc) is 3.43. The van der Waals surface area contributed by atoms with Crippen LogP contribution in [0.1, 0.15) is 46.7 Å². The van der Waals surface area contributed by atoms with E-state index in [1.165, 1.54) is 0 Å². The summed E-state index contributed by atoms with van der Waals surface area (Å²) in [5.74, 6) is 0.623. The van der Waals surface area contributed by atoms with Gasteiger partial charge in [0.05, 0.1) is 12.7 Å². The Morgan fingerprint density at radius 2 is 2.00 bits per heavy atom. The molecule has 2 aromatic heterocycles. The zero-order chi connectivity index (χ0) is 32.6. The highest BCUT2D eigenvalue weighted by molar-refractivity contribution is 6.30. The molecule has 0 spiro atoms. The lowest BCUT2D eigenvalue weighted by Gasteiger charge is -2.35. The highest BCUT2D eigenvalue weighted by atomic mass is 35.5. The number of aliphatic hydroxyl groups excluding tert-OH is 1. The number of aromatic nitrogens is 2. The van der Waals surface area contributed by atoms with Crippen LogP contribution in [0.25, 0.3) is 10.9 Å². The maximum atomic E-state index is 13.5. The number of benzene rings is 2. The first-order valence-corrected chi connectivity index (χ1v) is 15.5. The monoisotopic (exact) mass is 640 g/mol. The van der Waals surface area contributed by atoms with Crippen LogP contribution in [-0.4, -0.2) is 57.8 Å². The fraction of sp³-hybridized carbons (Fsp3) is 0.250. The maximum absolute atomic E-state index is 13.5. The number of hydrogen-bond acceptors (Lipinski definition) is 6. The molecule has 3 heterocycles. The van der Waals surface area contributed by atoms with Crippen LogP contribution in [-0.2, 0) is 11.2 Å². The molecule has 238 valence electrons. The summed E-state index contributed by atoms with van der Waals surface area (Å²) in [5.41, 5.74) is 5.16. The van der Waals surface area contributed by atoms with Gasteiger partial charge in [-0.25, -0.2) is 4.79 Å². The van der Waals surface area contributed by atoms with Gasteiger partial charge in [-0.15, -0.1) is 0 Å². The van der Waals surface area contributed by atoms with Crippen molar-refractivity contribution in [1.29, 1.82) is 0 Å². The van der Waals surface area contributed by atoms with Gasteiger partial charge in [0, 0.05) is 47.3 Å². The number of nitrogens with one attached hydrogen (secondary N) is 2. The Morgan fingerprint density at radius 1 is 1.20 bits per heavy atom. The zero-order valence-electron chi connectivity index (χ0n) is 25.8. The number of carbonyl (C=O) groups is 2. The van der Waals surface area contributed by atoms with E-state index in [-0.39, 0.29) is 24.8 Å². The lowest BCUT2D eigenvalue weighted by Crippen LogP contribution is -2.42. The van der Waals surface area contributed by atoms with Crippen LogP contribution in [0.15, 0.2) is 103 Å². The van der Waals surface area contributed by atoms with Gasteiger partial charge >= 0.3 is 6.09 Å². The van der Waals surface area contributed by atoms with E-state index in [1.807, 2.05) is 19.1 Å². The van der Waals surface area contributed by atoms with Crippen molar-refractivity contribution in [2.75, 3.05) is 19.7 Å². The van der Waals surface area contributed by atoms with Gasteiger partial charge < -0.3 is 24.9 Å². The molecule has 3 N–H and O–H groups in total. The average molecular weight is 641 g/mol. The number of halogens is 1. The van der Waals surface area contributed by atoms with Crippen molar-refractivity contribution in [3.8, 4) is 5.75 Å². The van der Waals surface area contributed by atoms with E-state index in [0.29, 0.717) is 41.5 Å². The lowest BCUT2D eigenvalue weighted by atomic mass is 9.92. The molecule has 2 aromatic carbocycles. The molecule has 0 bridgehead atoms. The number of allylic oxidation sites excluding steroid dienone is 2. The van der Waals surface area contributed by atoms with E-state index in [2.05, 4.69) is 47.0 Å². The Balaban J connectivity index is 1.26. The van der Waals surface area contributed by atoms with Crippen molar-refractivity contribution >= 4 is 34.5 Å². The van der Waals surface area contributed by atoms with Crippen LogP contribution in [0.4, 0.5) is 4.79 Å². The molecular weight excluding hydrogens is 604 g/mol. The van der Waals surface area contributed by atoms with Crippen molar-refractivity contribution in [2.24, 2.45) is 0 Å². The summed E-state index contributed by atoms with van der Waals surface area (Å²) >= 11 is 6.01. The summed E-state index contributed by atoms with van der Waals surface area (Å²) in [5, 5.41) is 14.7. The number of fused-ring (bicyclic) bond motifs is 3. The Bertz CT molecular complexity index is 1760. The normalized spacial score (nSPS) is 15.4. The molecule has 0 aliphatic carbocycles. The number of aliphatic hydroxyl groups is 1. The highest BCUT2D eigenvalue weighted by Gasteiger charge is 2.35. The first-order chi connectivity index (χ1) is 22.2. The number of rotatable bonds is 11. The first kappa shape index (κ1) is 32.5. The van der Waals surface area contributed by atoms with E-state index in [0.717, 1.165) is 27.7 Å². The van der Waals surface area contributed by atoms with Crippen LogP contribution < -0.4 is 10.1 Å². The molecule has 46 heavy (non-hydrogen) atoms. The van der Waals surface area contributed by atoms with Crippen LogP contribution in [0.3, 0.4) is 0 Å². The molecule has 9 nitrogen and oxygen atoms in total. The largest absolute Gasteiger partial charge is 0.494 e. The number of pyridine rings is 1. The molecule has 1 aliphatic rings. The highest BCUT2D eigenvalue weighted by Crippen LogP contribution is 2.39. The number of nitrogens with zero attached hydrogens (tertiary/aromatic N) is 2. The second-order valence-electron chi connectivity index (χ2n) is 11.0. The third kappa shape index (κ3) is 7.85. The molecule has 1 aliphatic heterocycles. The molecule has 2 amide bonds. The number of ether oxygens (including phenoxy) is 2. The minimum Gasteiger partial charge on any atom is -0.494 e. The third-order valence-corrected chi connectivity index (χ3v) is 8.00. The summed E-state index contributed by atoms with van der Waals surface area (Å²) in [6.07, 6.45) is 6.65. The number of amides is 2. The Labute approximate surface area is 273 Å². The van der Waals surface area contributed by atoms with E-state index in [9.17, 15) is 14.7 Å². The van der Waals surface area contributed by atoms with Gasteiger partial charge in [0.1, 0.15) is 23.2 Å². The summed E-state index contributed by atoms with van der Waals surface area (Å²) in [6, 6.07) is 17.5. The fourth-order valence-corrected chi connectivity index (χ4v) is 5.49. The standard InChI is InChI=1S/C36H37ClN4O5/c1-4-27(45-20-17-26(42)22-39-35(43)32-7-5-6-18-38-32)12-9-24(3)34-33-29(30-21-23(2)8-15-31(30)40-33)16-19-41(34)36(44)46-28-13-10-25(37)11-14-28/h4-15,18,21,26,34,40,42H,3,16-17,19-20,22H2,1-2H3,(H,39,43)/b12-9-,27-4+/t26?,34-/m0/s1. The van der Waals surface area contributed by atoms with Crippen LogP contribution >= 0.6 is 11.6 Å². The number of aryl methyl sites for hydroxylation is 1. The molecule has 5 rings (SSSR count). The molecule has 0 radical (unpaired) electrons. The summed E-state index contributed by atoms with van der Waals surface area (Å²) in [4.78, 5) is 34.9. The minimum absolute atomic E-state index is 0.0760. The predicted molar refractivity (Wildman–Crippen MR) is 179 cm³/mol. The third-order valence-electron chi connectivity index (χ3n) is 7.75. The summed E-state index contributed by atoms with van der Waals surface area (Å²) in [6.45, 7) is 9.01. The quantitative estimate of drug-likeness (QED) is 0.122. The molecule has 0 saturated carbocycles. The molecule has 4 aromatic rings. The van der Waals surface area contributed by atoms with Gasteiger partial charge in [-0.2, -0.15) is 0 Å². The molecule has 0 saturated heterocycles. The minimum atomic E-state index is -0.795. The van der Waals surface area contributed by atoms with Crippen molar-refractivity contribution in [3.63, 3.8) is 0 Å². The maximum Gasteiger partial charge on any atom is 0.416 e. The van der Waals surface area contributed by atoms with Crippen molar-refractivity contribution < 1.29 is 24.2 Å². The van der Waals surface area contributed by atoms with Crippen LogP contribution in [0, 0.1) is 6.92 Å². The van der Waals surface area contributed by atoms with E-state index >= 15 is 0 Å². The van der Waals surface area contributed by atoms with E-state index in [4.69, 9.17) is 21.1 Å². The second kappa shape index (κ2) is 14.9. The van der Waals surface area contributed by atoms with Gasteiger partial charge in [-0.1, -0.05) is 42.0 Å². The molecule has 1 unspecified atom stereocenters. The summed E-state index contributed by atoms with van der Waals surface area (Å²) < 4.78 is 11.6. The van der Waals surface area contributed by atoms with Gasteiger partial charge in [-0.05, 0) is 92.1 Å². The van der Waals surface area contributed by atoms with Gasteiger partial charge in [0.25, 0.3) is 5.91 Å². The number of H-pyrrole nitrogens is 1. The lowest BCUT2D eigenvalue weighted by molar-refractivity contribution is 0.0871. The number of hydrogen-bond donors (Lipinski definition) is 3. The van der Waals surface area contributed by atoms with Crippen LogP contribution in [0.5, 0.6) is 5.75 Å². The van der Waals surface area contributed by atoms with E-state index in [1.54, 1.807) is 59.6 Å². The molecule has 10 heteroatoms. The van der Waals surface area contributed by atoms with Gasteiger partial charge in [-0.3, -0.25) is 14.7 Å². The smallest absolute Gasteiger partial charge is 0.416 e. The predicted octanol–water partition coefficient (Wildman–Crippen LogP) is 6.84. The zero-order valence-corrected chi connectivity index (χ0v) is 26.6. The second-order valence-corrected chi connectivity index (χ2v) is 11.5. The Hall–Kier alpha value is -4.86. The van der Waals surface area contributed by atoms with Crippen molar-refractivity contribution in [1.82, 2.24) is 20.2 Å². The van der Waals surface area contributed by atoms with Crippen molar-refractivity contribution in [3.05, 3.63) is 131 Å². The van der Waals surface area contributed by atoms with E-state index < -0.39 is 18.2 Å². The SMILES string of the molecule is C=C(/C=C\C(=C/C)OCCC(O)CNC(=O)c1ccccn1)[C@H]1c2[nH]c3ccc(C)cc3c2CCN1C(=O)Oc1ccc(Cl)cc1. The topological polar surface area (TPSA) is 117 Å². The van der Waals surface area contributed by atoms with Crippen LogP contribution in [0.2, 0.25) is 5.02 Å². The first-order valence-electron chi connectivity index (χ1n) is 15.1. The number of aromatic amines is 1. The molecule has 2 atom stereocenters. The van der Waals surface area contributed by atoms with Crippen molar-refractivity contribution in [2.45, 2.75) is 38.8 Å². The number of carbonyl (C=O) groups excluding carboxylic acids is 2.